The van der Waals surface area contributed by atoms with E-state index in [4.69, 9.17) is 9.47 Å². The van der Waals surface area contributed by atoms with E-state index >= 15 is 0 Å². The maximum absolute atomic E-state index is 12.4. The van der Waals surface area contributed by atoms with E-state index in [-0.39, 0.29) is 30.6 Å². The molecule has 1 aromatic rings. The Balaban J connectivity index is 1.24. The lowest BCUT2D eigenvalue weighted by molar-refractivity contribution is -0.169. The summed E-state index contributed by atoms with van der Waals surface area (Å²) in [6.07, 6.45) is 10.9. The number of fused-ring (bicyclic) bond motifs is 1. The topological polar surface area (TPSA) is 64.6 Å². The molecule has 1 heterocycles. The number of ketones is 1. The molecule has 2 aliphatic rings. The van der Waals surface area contributed by atoms with E-state index < -0.39 is 0 Å². The lowest BCUT2D eigenvalue weighted by Crippen LogP contribution is -2.30. The Bertz CT molecular complexity index is 702. The van der Waals surface area contributed by atoms with Gasteiger partial charge >= 0.3 is 0 Å². The second-order valence-electron chi connectivity index (χ2n) is 8.42. The fraction of sp³-hybridized carbons (Fsp3) is 0.667. The zero-order valence-corrected chi connectivity index (χ0v) is 19.4. The minimum atomic E-state index is -0.195. The summed E-state index contributed by atoms with van der Waals surface area (Å²) in [5, 5.41) is 3.21. The van der Waals surface area contributed by atoms with Crippen LogP contribution < -0.4 is 5.32 Å². The van der Waals surface area contributed by atoms with Gasteiger partial charge in [-0.3, -0.25) is 9.59 Å². The van der Waals surface area contributed by atoms with Gasteiger partial charge in [-0.2, -0.15) is 0 Å². The van der Waals surface area contributed by atoms with Crippen LogP contribution in [0.1, 0.15) is 87.8 Å². The van der Waals surface area contributed by atoms with Crippen LogP contribution in [0.4, 0.5) is 0 Å². The largest absolute Gasteiger partial charge is 0.353 e. The summed E-state index contributed by atoms with van der Waals surface area (Å²) in [5.74, 6) is 0.275. The lowest BCUT2D eigenvalue weighted by Gasteiger charge is -2.26. The van der Waals surface area contributed by atoms with Crippen molar-refractivity contribution in [3.8, 4) is 0 Å². The van der Waals surface area contributed by atoms with Crippen molar-refractivity contribution >= 4 is 27.6 Å². The molecule has 0 spiro atoms. The van der Waals surface area contributed by atoms with Gasteiger partial charge in [-0.25, -0.2) is 0 Å². The molecule has 30 heavy (non-hydrogen) atoms. The molecule has 1 aromatic carbocycles. The minimum absolute atomic E-state index is 0.132. The Morgan fingerprint density at radius 3 is 2.70 bits per heavy atom. The van der Waals surface area contributed by atoms with Crippen LogP contribution in [0.5, 0.6) is 0 Å². The molecule has 1 fully saturated rings. The summed E-state index contributed by atoms with van der Waals surface area (Å²) in [6.45, 7) is 0.893. The highest BCUT2D eigenvalue weighted by Gasteiger charge is 2.21. The maximum Gasteiger partial charge on any atom is 0.220 e. The quantitative estimate of drug-likeness (QED) is 0.431. The van der Waals surface area contributed by atoms with Gasteiger partial charge in [-0.1, -0.05) is 34.8 Å². The summed E-state index contributed by atoms with van der Waals surface area (Å²) < 4.78 is 12.1. The van der Waals surface area contributed by atoms with Crippen molar-refractivity contribution < 1.29 is 19.1 Å². The van der Waals surface area contributed by atoms with Gasteiger partial charge in [0.1, 0.15) is 6.61 Å². The van der Waals surface area contributed by atoms with Gasteiger partial charge in [0, 0.05) is 23.9 Å². The Hall–Kier alpha value is -1.24. The zero-order chi connectivity index (χ0) is 21.2. The lowest BCUT2D eigenvalue weighted by atomic mass is 9.87. The number of benzene rings is 1. The molecule has 2 atom stereocenters. The average Bonchev–Trinajstić information content (AvgIpc) is 2.75. The van der Waals surface area contributed by atoms with Crippen molar-refractivity contribution in [2.75, 3.05) is 13.2 Å². The summed E-state index contributed by atoms with van der Waals surface area (Å²) in [7, 11) is 0. The van der Waals surface area contributed by atoms with E-state index in [2.05, 4.69) is 39.4 Å². The van der Waals surface area contributed by atoms with Gasteiger partial charge in [0.25, 0.3) is 0 Å². The number of hydrogen-bond acceptors (Lipinski definition) is 4. The number of amides is 1. The van der Waals surface area contributed by atoms with E-state index in [0.717, 1.165) is 75.3 Å². The van der Waals surface area contributed by atoms with Crippen molar-refractivity contribution in [2.45, 2.75) is 89.4 Å². The highest BCUT2D eigenvalue weighted by atomic mass is 79.9. The van der Waals surface area contributed by atoms with E-state index in [0.29, 0.717) is 12.8 Å². The highest BCUT2D eigenvalue weighted by molar-refractivity contribution is 9.10. The summed E-state index contributed by atoms with van der Waals surface area (Å²) in [6, 6.07) is 6.49. The smallest absolute Gasteiger partial charge is 0.220 e. The van der Waals surface area contributed by atoms with Crippen LogP contribution in [0.25, 0.3) is 0 Å². The summed E-state index contributed by atoms with van der Waals surface area (Å²) >= 11 is 3.53. The van der Waals surface area contributed by atoms with Crippen LogP contribution in [0.2, 0.25) is 0 Å². The molecule has 0 radical (unpaired) electrons. The predicted molar refractivity (Wildman–Crippen MR) is 120 cm³/mol. The molecule has 0 bridgehead atoms. The normalized spacial score (nSPS) is 21.1. The number of unbranched alkanes of at least 4 members (excludes halogenated alkanes) is 3. The Morgan fingerprint density at radius 2 is 1.90 bits per heavy atom. The molecule has 1 aliphatic heterocycles. The van der Waals surface area contributed by atoms with Gasteiger partial charge in [-0.05, 0) is 74.6 Å². The van der Waals surface area contributed by atoms with E-state index in [9.17, 15) is 9.59 Å². The molecule has 1 amide bonds. The molecule has 2 unspecified atom stereocenters. The number of ether oxygens (including phenoxy) is 2. The SMILES string of the molecule is O=C(CCCCCCC(=O)NC1CCCc2cc(Br)ccc21)COC1CCCCO1. The molecule has 0 aromatic heterocycles. The van der Waals surface area contributed by atoms with Crippen molar-refractivity contribution in [3.63, 3.8) is 0 Å². The van der Waals surface area contributed by atoms with Crippen LogP contribution in [0.15, 0.2) is 22.7 Å². The first-order valence-corrected chi connectivity index (χ1v) is 12.2. The first-order valence-electron chi connectivity index (χ1n) is 11.4. The second-order valence-corrected chi connectivity index (χ2v) is 9.33. The summed E-state index contributed by atoms with van der Waals surface area (Å²) in [5.41, 5.74) is 2.60. The number of rotatable bonds is 11. The molecule has 1 aliphatic carbocycles. The first kappa shape index (κ1) is 23.4. The van der Waals surface area contributed by atoms with Crippen LogP contribution in [-0.4, -0.2) is 31.2 Å². The van der Waals surface area contributed by atoms with Crippen LogP contribution in [-0.2, 0) is 25.5 Å². The molecular weight excluding hydrogens is 446 g/mol. The van der Waals surface area contributed by atoms with Crippen molar-refractivity contribution in [2.24, 2.45) is 0 Å². The molecule has 1 N–H and O–H groups in total. The number of carbonyl (C=O) groups is 2. The van der Waals surface area contributed by atoms with Gasteiger partial charge in [0.15, 0.2) is 12.1 Å². The average molecular weight is 480 g/mol. The predicted octanol–water partition coefficient (Wildman–Crippen LogP) is 5.40. The fourth-order valence-electron chi connectivity index (χ4n) is 4.26. The molecule has 3 rings (SSSR count). The van der Waals surface area contributed by atoms with Gasteiger partial charge in [0.05, 0.1) is 6.04 Å². The van der Waals surface area contributed by atoms with E-state index in [1.165, 1.54) is 11.1 Å². The number of halogens is 1. The molecule has 0 saturated carbocycles. The maximum atomic E-state index is 12.4. The summed E-state index contributed by atoms with van der Waals surface area (Å²) in [4.78, 5) is 24.3. The molecular formula is C24H34BrNO4. The van der Waals surface area contributed by atoms with Crippen LogP contribution in [0.3, 0.4) is 0 Å². The van der Waals surface area contributed by atoms with E-state index in [1.54, 1.807) is 0 Å². The number of carbonyl (C=O) groups excluding carboxylic acids is 2. The Morgan fingerprint density at radius 1 is 1.07 bits per heavy atom. The van der Waals surface area contributed by atoms with Crippen molar-refractivity contribution in [3.05, 3.63) is 33.8 Å². The third kappa shape index (κ3) is 7.78. The number of nitrogens with one attached hydrogen (secondary N) is 1. The van der Waals surface area contributed by atoms with E-state index in [1.807, 2.05) is 0 Å². The second kappa shape index (κ2) is 12.6. The van der Waals surface area contributed by atoms with Gasteiger partial charge in [0.2, 0.25) is 5.91 Å². The van der Waals surface area contributed by atoms with Crippen molar-refractivity contribution in [1.29, 1.82) is 0 Å². The van der Waals surface area contributed by atoms with Crippen LogP contribution in [0, 0.1) is 0 Å². The number of hydrogen-bond donors (Lipinski definition) is 1. The van der Waals surface area contributed by atoms with Gasteiger partial charge < -0.3 is 14.8 Å². The third-order valence-corrected chi connectivity index (χ3v) is 6.43. The Kier molecular flexibility index (Phi) is 9.82. The first-order chi connectivity index (χ1) is 14.6. The molecule has 166 valence electrons. The van der Waals surface area contributed by atoms with Crippen molar-refractivity contribution in [1.82, 2.24) is 5.32 Å². The standard InChI is InChI=1S/C24H34BrNO4/c25-19-13-14-21-18(16-19)8-7-10-22(21)26-23(28)11-4-2-1-3-9-20(27)17-30-24-12-5-6-15-29-24/h13-14,16,22,24H,1-12,15,17H2,(H,26,28). The third-order valence-electron chi connectivity index (χ3n) is 5.93. The monoisotopic (exact) mass is 479 g/mol. The molecule has 5 nitrogen and oxygen atoms in total. The highest BCUT2D eigenvalue weighted by Crippen LogP contribution is 2.31. The number of aryl methyl sites for hydroxylation is 1. The molecule has 1 saturated heterocycles. The fourth-order valence-corrected chi connectivity index (χ4v) is 4.67. The van der Waals surface area contributed by atoms with Gasteiger partial charge in [-0.15, -0.1) is 0 Å². The minimum Gasteiger partial charge on any atom is -0.353 e. The zero-order valence-electron chi connectivity index (χ0n) is 17.8. The molecule has 6 heteroatoms. The van der Waals surface area contributed by atoms with Crippen LogP contribution >= 0.6 is 15.9 Å². The Labute approximate surface area is 188 Å². The number of Topliss-reactive ketones (excluding diaryl/α,β-unsaturated/α-hetero) is 1.